The molecule has 4 aromatic rings. The molecule has 4 rings (SSSR count). The molecule has 2 aromatic carbocycles. The summed E-state index contributed by atoms with van der Waals surface area (Å²) >= 11 is 1.35. The average molecular weight is 461 g/mol. The van der Waals surface area contributed by atoms with Gasteiger partial charge in [0.25, 0.3) is 0 Å². The Bertz CT molecular complexity index is 1370. The molecular weight excluding hydrogens is 436 g/mol. The van der Waals surface area contributed by atoms with Crippen molar-refractivity contribution in [2.75, 3.05) is 11.5 Å². The molecule has 2 heterocycles. The summed E-state index contributed by atoms with van der Waals surface area (Å²) in [5.74, 6) is 0.431. The first kappa shape index (κ1) is 22.5. The Labute approximate surface area is 196 Å². The van der Waals surface area contributed by atoms with Gasteiger partial charge in [0.2, 0.25) is 11.7 Å². The number of ether oxygens (including phenoxy) is 1. The molecule has 0 saturated carbocycles. The molecule has 33 heavy (non-hydrogen) atoms. The zero-order valence-electron chi connectivity index (χ0n) is 18.9. The average Bonchev–Trinajstić information content (AvgIpc) is 3.43. The molecule has 7 heteroatoms. The maximum atomic E-state index is 12.7. The van der Waals surface area contributed by atoms with E-state index in [2.05, 4.69) is 4.98 Å². The minimum atomic E-state index is -0.277. The summed E-state index contributed by atoms with van der Waals surface area (Å²) < 4.78 is 11.3. The fourth-order valence-corrected chi connectivity index (χ4v) is 4.36. The zero-order chi connectivity index (χ0) is 23.5. The predicted octanol–water partition coefficient (Wildman–Crippen LogP) is 6.49. The summed E-state index contributed by atoms with van der Waals surface area (Å²) in [6, 6.07) is 13.1. The highest BCUT2D eigenvalue weighted by molar-refractivity contribution is 7.14. The summed E-state index contributed by atoms with van der Waals surface area (Å²) in [5, 5.41) is 3.17. The molecule has 0 aliphatic carbocycles. The number of benzene rings is 2. The summed E-state index contributed by atoms with van der Waals surface area (Å²) in [7, 11) is 0. The van der Waals surface area contributed by atoms with Crippen LogP contribution in [-0.2, 0) is 4.79 Å². The fraction of sp³-hybridized carbons (Fsp3) is 0.192. The molecule has 1 amide bonds. The van der Waals surface area contributed by atoms with Gasteiger partial charge in [-0.2, -0.15) is 0 Å². The minimum absolute atomic E-state index is 0.128. The van der Waals surface area contributed by atoms with Gasteiger partial charge in [0.05, 0.1) is 18.0 Å². The van der Waals surface area contributed by atoms with Crippen molar-refractivity contribution < 1.29 is 18.7 Å². The highest BCUT2D eigenvalue weighted by Gasteiger charge is 2.20. The van der Waals surface area contributed by atoms with Gasteiger partial charge in [-0.05, 0) is 62.2 Å². The fourth-order valence-electron chi connectivity index (χ4n) is 3.51. The number of rotatable bonds is 7. The standard InChI is InChI=1S/C26H24N2O4S/c1-5-31-23-11-7-9-19-14-24(32-25(19)23)22(30)13-12-20-15-33-26(27-20)28(18(4)29)21-10-6-8-16(2)17(21)3/h6-15H,5H2,1-4H3. The summed E-state index contributed by atoms with van der Waals surface area (Å²) in [6.07, 6.45) is 3.05. The molecular formula is C26H24N2O4S. The lowest BCUT2D eigenvalue weighted by Gasteiger charge is -2.21. The van der Waals surface area contributed by atoms with E-state index < -0.39 is 0 Å². The zero-order valence-corrected chi connectivity index (χ0v) is 19.7. The molecule has 0 fully saturated rings. The number of aryl methyl sites for hydroxylation is 1. The number of amides is 1. The molecule has 2 aromatic heterocycles. The van der Waals surface area contributed by atoms with Crippen molar-refractivity contribution in [3.63, 3.8) is 0 Å². The molecule has 0 atom stereocenters. The molecule has 0 spiro atoms. The lowest BCUT2D eigenvalue weighted by atomic mass is 10.1. The van der Waals surface area contributed by atoms with Crippen molar-refractivity contribution in [2.24, 2.45) is 0 Å². The van der Waals surface area contributed by atoms with E-state index in [4.69, 9.17) is 9.15 Å². The number of carbonyl (C=O) groups is 2. The van der Waals surface area contributed by atoms with Gasteiger partial charge in [-0.15, -0.1) is 11.3 Å². The van der Waals surface area contributed by atoms with E-state index in [0.717, 1.165) is 22.2 Å². The third-order valence-corrected chi connectivity index (χ3v) is 6.13. The molecule has 6 nitrogen and oxygen atoms in total. The van der Waals surface area contributed by atoms with Crippen molar-refractivity contribution >= 4 is 50.9 Å². The van der Waals surface area contributed by atoms with Crippen LogP contribution in [0.4, 0.5) is 10.8 Å². The summed E-state index contributed by atoms with van der Waals surface area (Å²) in [5.41, 5.74) is 4.06. The van der Waals surface area contributed by atoms with Crippen molar-refractivity contribution in [1.82, 2.24) is 4.98 Å². The topological polar surface area (TPSA) is 72.6 Å². The molecule has 0 unspecified atom stereocenters. The molecule has 0 saturated heterocycles. The smallest absolute Gasteiger partial charge is 0.230 e. The molecule has 0 aliphatic heterocycles. The second-order valence-corrected chi connectivity index (χ2v) is 8.38. The predicted molar refractivity (Wildman–Crippen MR) is 132 cm³/mol. The van der Waals surface area contributed by atoms with Gasteiger partial charge in [-0.3, -0.25) is 14.5 Å². The van der Waals surface area contributed by atoms with Crippen LogP contribution in [0.2, 0.25) is 0 Å². The first-order valence-corrected chi connectivity index (χ1v) is 11.5. The molecule has 168 valence electrons. The number of carbonyl (C=O) groups excluding carboxylic acids is 2. The Morgan fingerprint density at radius 3 is 2.73 bits per heavy atom. The third-order valence-electron chi connectivity index (χ3n) is 5.29. The monoisotopic (exact) mass is 460 g/mol. The maximum absolute atomic E-state index is 12.7. The van der Waals surface area contributed by atoms with E-state index in [1.165, 1.54) is 24.3 Å². The number of fused-ring (bicyclic) bond motifs is 1. The van der Waals surface area contributed by atoms with Crippen LogP contribution in [0.5, 0.6) is 5.75 Å². The van der Waals surface area contributed by atoms with Crippen LogP contribution in [0.15, 0.2) is 58.3 Å². The number of nitrogens with zero attached hydrogens (tertiary/aromatic N) is 2. The van der Waals surface area contributed by atoms with Gasteiger partial charge >= 0.3 is 0 Å². The quantitative estimate of drug-likeness (QED) is 0.233. The van der Waals surface area contributed by atoms with E-state index >= 15 is 0 Å². The van der Waals surface area contributed by atoms with E-state index in [1.54, 1.807) is 17.0 Å². The Morgan fingerprint density at radius 1 is 1.18 bits per heavy atom. The number of furan rings is 1. The Hall–Kier alpha value is -3.71. The summed E-state index contributed by atoms with van der Waals surface area (Å²) in [6.45, 7) is 7.91. The SMILES string of the molecule is CCOc1cccc2cc(C(=O)C=Cc3csc(N(C(C)=O)c4cccc(C)c4C)n3)oc12. The van der Waals surface area contributed by atoms with Crippen molar-refractivity contribution in [1.29, 1.82) is 0 Å². The van der Waals surface area contributed by atoms with Crippen molar-refractivity contribution in [2.45, 2.75) is 27.7 Å². The van der Waals surface area contributed by atoms with Crippen molar-refractivity contribution in [3.05, 3.63) is 76.5 Å². The van der Waals surface area contributed by atoms with E-state index in [1.807, 2.05) is 62.5 Å². The van der Waals surface area contributed by atoms with E-state index in [-0.39, 0.29) is 17.5 Å². The van der Waals surface area contributed by atoms with Crippen LogP contribution in [0.25, 0.3) is 17.0 Å². The van der Waals surface area contributed by atoms with Gasteiger partial charge in [-0.25, -0.2) is 4.98 Å². The van der Waals surface area contributed by atoms with Gasteiger partial charge in [0.1, 0.15) is 0 Å². The van der Waals surface area contributed by atoms with Gasteiger partial charge in [0.15, 0.2) is 22.2 Å². The third kappa shape index (κ3) is 4.59. The number of anilines is 2. The molecule has 0 bridgehead atoms. The first-order chi connectivity index (χ1) is 15.9. The molecule has 0 N–H and O–H groups in total. The van der Waals surface area contributed by atoms with Crippen LogP contribution < -0.4 is 9.64 Å². The summed E-state index contributed by atoms with van der Waals surface area (Å²) in [4.78, 5) is 31.3. The highest BCUT2D eigenvalue weighted by Crippen LogP contribution is 2.33. The Kier molecular flexibility index (Phi) is 6.42. The van der Waals surface area contributed by atoms with Gasteiger partial charge in [0, 0.05) is 17.7 Å². The Balaban J connectivity index is 1.58. The molecule has 0 radical (unpaired) electrons. The lowest BCUT2D eigenvalue weighted by molar-refractivity contribution is -0.115. The maximum Gasteiger partial charge on any atom is 0.230 e. The van der Waals surface area contributed by atoms with Crippen molar-refractivity contribution in [3.8, 4) is 5.75 Å². The molecule has 0 aliphatic rings. The largest absolute Gasteiger partial charge is 0.490 e. The second kappa shape index (κ2) is 9.42. The number of allylic oxidation sites excluding steroid dienone is 1. The minimum Gasteiger partial charge on any atom is -0.490 e. The number of ketones is 1. The highest BCUT2D eigenvalue weighted by atomic mass is 32.1. The second-order valence-electron chi connectivity index (χ2n) is 7.54. The number of thiazole rings is 1. The Morgan fingerprint density at radius 2 is 1.97 bits per heavy atom. The van der Waals surface area contributed by atoms with Crippen LogP contribution in [0, 0.1) is 13.8 Å². The normalized spacial score (nSPS) is 11.3. The lowest BCUT2D eigenvalue weighted by Crippen LogP contribution is -2.23. The number of hydrogen-bond acceptors (Lipinski definition) is 6. The number of hydrogen-bond donors (Lipinski definition) is 0. The van der Waals surface area contributed by atoms with Gasteiger partial charge < -0.3 is 9.15 Å². The van der Waals surface area contributed by atoms with Crippen LogP contribution >= 0.6 is 11.3 Å². The number of para-hydroxylation sites is 1. The van der Waals surface area contributed by atoms with E-state index in [0.29, 0.717) is 28.8 Å². The number of aromatic nitrogens is 1. The van der Waals surface area contributed by atoms with Crippen LogP contribution in [-0.4, -0.2) is 23.3 Å². The van der Waals surface area contributed by atoms with Crippen LogP contribution in [0.3, 0.4) is 0 Å². The van der Waals surface area contributed by atoms with E-state index in [9.17, 15) is 9.59 Å². The van der Waals surface area contributed by atoms with Gasteiger partial charge in [-0.1, -0.05) is 24.3 Å². The van der Waals surface area contributed by atoms with Crippen LogP contribution in [0.1, 0.15) is 41.2 Å². The first-order valence-electron chi connectivity index (χ1n) is 10.6.